The van der Waals surface area contributed by atoms with Gasteiger partial charge in [-0.1, -0.05) is 37.3 Å². The van der Waals surface area contributed by atoms with Crippen LogP contribution >= 0.6 is 0 Å². The van der Waals surface area contributed by atoms with Crippen molar-refractivity contribution in [3.63, 3.8) is 0 Å². The fraction of sp³-hybridized carbons (Fsp3) is 0.333. The summed E-state index contributed by atoms with van der Waals surface area (Å²) in [5.74, 6) is 0.896. The van der Waals surface area contributed by atoms with Crippen LogP contribution in [0.25, 0.3) is 22.4 Å². The molecule has 1 heterocycles. The van der Waals surface area contributed by atoms with Gasteiger partial charge in [0.05, 0.1) is 11.0 Å². The number of carbonyl (C=O) groups excluding carboxylic acids is 1. The van der Waals surface area contributed by atoms with Gasteiger partial charge in [-0.2, -0.15) is 0 Å². The van der Waals surface area contributed by atoms with Crippen LogP contribution in [0.3, 0.4) is 0 Å². The topological polar surface area (TPSA) is 50.2 Å². The minimum atomic E-state index is -0.0555. The summed E-state index contributed by atoms with van der Waals surface area (Å²) < 4.78 is 2.23. The quantitative estimate of drug-likeness (QED) is 0.710. The van der Waals surface area contributed by atoms with Gasteiger partial charge in [0.15, 0.2) is 0 Å². The van der Waals surface area contributed by atoms with Crippen LogP contribution in [0.1, 0.15) is 23.7 Å². The zero-order chi connectivity index (χ0) is 18.5. The van der Waals surface area contributed by atoms with E-state index in [1.165, 1.54) is 0 Å². The number of fused-ring (bicyclic) bond motifs is 1. The number of benzene rings is 2. The van der Waals surface area contributed by atoms with Crippen LogP contribution in [0.2, 0.25) is 0 Å². The van der Waals surface area contributed by atoms with E-state index >= 15 is 0 Å². The van der Waals surface area contributed by atoms with Crippen LogP contribution in [0.5, 0.6) is 0 Å². The summed E-state index contributed by atoms with van der Waals surface area (Å²) in [6.07, 6.45) is 1.03. The molecule has 5 nitrogen and oxygen atoms in total. The predicted octanol–water partition coefficient (Wildman–Crippen LogP) is 3.40. The molecule has 0 atom stereocenters. The highest BCUT2D eigenvalue weighted by atomic mass is 16.1. The highest BCUT2D eigenvalue weighted by Crippen LogP contribution is 2.26. The van der Waals surface area contributed by atoms with Gasteiger partial charge in [0.1, 0.15) is 5.82 Å². The second-order valence-electron chi connectivity index (χ2n) is 6.72. The van der Waals surface area contributed by atoms with E-state index in [0.717, 1.165) is 41.9 Å². The average Bonchev–Trinajstić information content (AvgIpc) is 3.00. The third-order valence-corrected chi connectivity index (χ3v) is 4.33. The molecule has 0 aliphatic rings. The van der Waals surface area contributed by atoms with Crippen molar-refractivity contribution < 1.29 is 4.79 Å². The SMILES string of the molecule is CCCn1c(-c2ccccc2)nc2cc(C(=O)NCCN(C)C)ccc21. The Hall–Kier alpha value is -2.66. The van der Waals surface area contributed by atoms with Gasteiger partial charge in [-0.05, 0) is 38.7 Å². The highest BCUT2D eigenvalue weighted by molar-refractivity contribution is 5.97. The molecular weight excluding hydrogens is 324 g/mol. The smallest absolute Gasteiger partial charge is 0.251 e. The van der Waals surface area contributed by atoms with Gasteiger partial charge in [-0.3, -0.25) is 4.79 Å². The summed E-state index contributed by atoms with van der Waals surface area (Å²) in [5.41, 5.74) is 3.67. The van der Waals surface area contributed by atoms with Crippen molar-refractivity contribution in [3.05, 3.63) is 54.1 Å². The van der Waals surface area contributed by atoms with Crippen LogP contribution in [0.4, 0.5) is 0 Å². The van der Waals surface area contributed by atoms with E-state index in [2.05, 4.69) is 28.9 Å². The molecule has 5 heteroatoms. The first-order valence-corrected chi connectivity index (χ1v) is 9.08. The van der Waals surface area contributed by atoms with Crippen molar-refractivity contribution in [2.24, 2.45) is 0 Å². The van der Waals surface area contributed by atoms with Gasteiger partial charge in [0.25, 0.3) is 5.91 Å². The van der Waals surface area contributed by atoms with Gasteiger partial charge in [-0.25, -0.2) is 4.98 Å². The first-order valence-electron chi connectivity index (χ1n) is 9.08. The lowest BCUT2D eigenvalue weighted by atomic mass is 10.2. The molecule has 26 heavy (non-hydrogen) atoms. The van der Waals surface area contributed by atoms with Gasteiger partial charge in [-0.15, -0.1) is 0 Å². The number of imidazole rings is 1. The highest BCUT2D eigenvalue weighted by Gasteiger charge is 2.14. The maximum atomic E-state index is 12.4. The number of amides is 1. The lowest BCUT2D eigenvalue weighted by molar-refractivity contribution is 0.0951. The Bertz CT molecular complexity index is 884. The standard InChI is InChI=1S/C21H26N4O/c1-4-13-25-19-11-10-17(21(26)22-12-14-24(2)3)15-18(19)23-20(25)16-8-6-5-7-9-16/h5-11,15H,4,12-14H2,1-3H3,(H,22,26). The van der Waals surface area contributed by atoms with Crippen LogP contribution in [-0.4, -0.2) is 47.5 Å². The first-order chi connectivity index (χ1) is 12.6. The van der Waals surface area contributed by atoms with Crippen LogP contribution in [0.15, 0.2) is 48.5 Å². The summed E-state index contributed by atoms with van der Waals surface area (Å²) in [4.78, 5) is 19.3. The number of nitrogens with one attached hydrogen (secondary N) is 1. The number of hydrogen-bond donors (Lipinski definition) is 1. The first kappa shape index (κ1) is 18.1. The maximum Gasteiger partial charge on any atom is 0.251 e. The minimum Gasteiger partial charge on any atom is -0.351 e. The number of likely N-dealkylation sites (N-methyl/N-ethyl adjacent to an activating group) is 1. The van der Waals surface area contributed by atoms with Crippen molar-refractivity contribution in [2.45, 2.75) is 19.9 Å². The third-order valence-electron chi connectivity index (χ3n) is 4.33. The normalized spacial score (nSPS) is 11.2. The van der Waals surface area contributed by atoms with Crippen molar-refractivity contribution in [3.8, 4) is 11.4 Å². The summed E-state index contributed by atoms with van der Waals surface area (Å²) in [5, 5.41) is 2.96. The molecule has 0 aliphatic heterocycles. The fourth-order valence-electron chi connectivity index (χ4n) is 3.02. The van der Waals surface area contributed by atoms with E-state index in [0.29, 0.717) is 12.1 Å². The molecule has 1 N–H and O–H groups in total. The Kier molecular flexibility index (Phi) is 5.68. The van der Waals surface area contributed by atoms with Gasteiger partial charge < -0.3 is 14.8 Å². The van der Waals surface area contributed by atoms with E-state index in [4.69, 9.17) is 4.98 Å². The molecular formula is C21H26N4O. The number of carbonyl (C=O) groups is 1. The molecule has 136 valence electrons. The number of hydrogen-bond acceptors (Lipinski definition) is 3. The molecule has 0 saturated heterocycles. The molecule has 3 rings (SSSR count). The average molecular weight is 350 g/mol. The Morgan fingerprint density at radius 3 is 2.62 bits per heavy atom. The van der Waals surface area contributed by atoms with Crippen LogP contribution in [-0.2, 0) is 6.54 Å². The van der Waals surface area contributed by atoms with Crippen LogP contribution < -0.4 is 5.32 Å². The number of nitrogens with zero attached hydrogens (tertiary/aromatic N) is 3. The fourth-order valence-corrected chi connectivity index (χ4v) is 3.02. The van der Waals surface area contributed by atoms with Crippen molar-refractivity contribution in [1.82, 2.24) is 19.8 Å². The Morgan fingerprint density at radius 1 is 1.15 bits per heavy atom. The third kappa shape index (κ3) is 3.94. The lowest BCUT2D eigenvalue weighted by Gasteiger charge is -2.10. The molecule has 0 saturated carbocycles. The number of aryl methyl sites for hydroxylation is 1. The summed E-state index contributed by atoms with van der Waals surface area (Å²) in [6, 6.07) is 16.0. The molecule has 0 spiro atoms. The maximum absolute atomic E-state index is 12.4. The molecule has 1 aromatic heterocycles. The van der Waals surface area contributed by atoms with E-state index in [-0.39, 0.29) is 5.91 Å². The van der Waals surface area contributed by atoms with Crippen molar-refractivity contribution in [1.29, 1.82) is 0 Å². The zero-order valence-electron chi connectivity index (χ0n) is 15.7. The Morgan fingerprint density at radius 2 is 1.92 bits per heavy atom. The second-order valence-corrected chi connectivity index (χ2v) is 6.72. The monoisotopic (exact) mass is 350 g/mol. The Balaban J connectivity index is 1.93. The predicted molar refractivity (Wildman–Crippen MR) is 106 cm³/mol. The van der Waals surface area contributed by atoms with Gasteiger partial charge in [0.2, 0.25) is 0 Å². The number of rotatable bonds is 7. The van der Waals surface area contributed by atoms with E-state index in [9.17, 15) is 4.79 Å². The Labute approximate surface area is 154 Å². The lowest BCUT2D eigenvalue weighted by Crippen LogP contribution is -2.31. The molecule has 0 aliphatic carbocycles. The van der Waals surface area contributed by atoms with Crippen molar-refractivity contribution >= 4 is 16.9 Å². The van der Waals surface area contributed by atoms with E-state index in [1.807, 2.05) is 55.4 Å². The minimum absolute atomic E-state index is 0.0555. The molecule has 0 radical (unpaired) electrons. The van der Waals surface area contributed by atoms with Crippen LogP contribution in [0, 0.1) is 0 Å². The largest absolute Gasteiger partial charge is 0.351 e. The van der Waals surface area contributed by atoms with Gasteiger partial charge >= 0.3 is 0 Å². The molecule has 0 fully saturated rings. The molecule has 1 amide bonds. The van der Waals surface area contributed by atoms with E-state index in [1.54, 1.807) is 0 Å². The molecule has 3 aromatic rings. The van der Waals surface area contributed by atoms with Gasteiger partial charge in [0, 0.05) is 30.8 Å². The van der Waals surface area contributed by atoms with E-state index < -0.39 is 0 Å². The molecule has 0 unspecified atom stereocenters. The molecule has 0 bridgehead atoms. The second kappa shape index (κ2) is 8.15. The van der Waals surface area contributed by atoms with Crippen molar-refractivity contribution in [2.75, 3.05) is 27.2 Å². The zero-order valence-corrected chi connectivity index (χ0v) is 15.7. The summed E-state index contributed by atoms with van der Waals surface area (Å²) in [7, 11) is 3.98. The molecule has 2 aromatic carbocycles. The summed E-state index contributed by atoms with van der Waals surface area (Å²) >= 11 is 0. The summed E-state index contributed by atoms with van der Waals surface area (Å²) in [6.45, 7) is 4.50. The number of aromatic nitrogens is 2.